The maximum Gasteiger partial charge on any atom is 0.336 e. The van der Waals surface area contributed by atoms with E-state index in [0.29, 0.717) is 27.6 Å². The minimum absolute atomic E-state index is 0.113. The second-order valence-electron chi connectivity index (χ2n) is 4.48. The van der Waals surface area contributed by atoms with Crippen LogP contribution >= 0.6 is 11.6 Å². The fourth-order valence-corrected chi connectivity index (χ4v) is 2.24. The van der Waals surface area contributed by atoms with Gasteiger partial charge in [-0.25, -0.2) is 4.79 Å². The van der Waals surface area contributed by atoms with Gasteiger partial charge in [-0.05, 0) is 35.9 Å². The van der Waals surface area contributed by atoms with Crippen LogP contribution in [0.5, 0.6) is 11.5 Å². The number of carbonyl (C=O) groups is 1. The predicted octanol–water partition coefficient (Wildman–Crippen LogP) is 3.98. The highest BCUT2D eigenvalue weighted by Gasteiger charge is 2.16. The molecule has 0 aromatic heterocycles. The number of hydrogen-bond donors (Lipinski definition) is 1. The predicted molar refractivity (Wildman–Crippen MR) is 86.5 cm³/mol. The lowest BCUT2D eigenvalue weighted by molar-refractivity contribution is -0.130. The Bertz CT molecular complexity index is 722. The van der Waals surface area contributed by atoms with E-state index in [0.717, 1.165) is 0 Å². The summed E-state index contributed by atoms with van der Waals surface area (Å²) >= 11 is 5.93. The summed E-state index contributed by atoms with van der Waals surface area (Å²) in [6.07, 6.45) is 1.55. The van der Waals surface area contributed by atoms with Gasteiger partial charge in [-0.3, -0.25) is 0 Å². The number of hydrogen-bond acceptors (Lipinski definition) is 3. The zero-order chi connectivity index (χ0) is 16.1. The van der Waals surface area contributed by atoms with Crippen molar-refractivity contribution in [2.45, 2.75) is 0 Å². The lowest BCUT2D eigenvalue weighted by Crippen LogP contribution is -2.02. The smallest absolute Gasteiger partial charge is 0.336 e. The number of rotatable bonds is 5. The van der Waals surface area contributed by atoms with Crippen LogP contribution in [0.25, 0.3) is 11.6 Å². The van der Waals surface area contributed by atoms with E-state index in [1.807, 2.05) is 0 Å². The van der Waals surface area contributed by atoms with E-state index in [4.69, 9.17) is 21.1 Å². The molecule has 114 valence electrons. The lowest BCUT2D eigenvalue weighted by Gasteiger charge is -2.11. The van der Waals surface area contributed by atoms with Crippen LogP contribution in [0, 0.1) is 0 Å². The van der Waals surface area contributed by atoms with E-state index in [9.17, 15) is 9.90 Å². The van der Waals surface area contributed by atoms with E-state index in [-0.39, 0.29) is 5.57 Å². The molecule has 0 saturated carbocycles. The van der Waals surface area contributed by atoms with Crippen molar-refractivity contribution in [2.24, 2.45) is 0 Å². The van der Waals surface area contributed by atoms with Gasteiger partial charge in [0.05, 0.1) is 19.8 Å². The van der Waals surface area contributed by atoms with Crippen LogP contribution in [0.15, 0.2) is 42.5 Å². The highest BCUT2D eigenvalue weighted by molar-refractivity contribution is 6.30. The third kappa shape index (κ3) is 3.59. The lowest BCUT2D eigenvalue weighted by atomic mass is 10.0. The Hall–Kier alpha value is -2.46. The Morgan fingerprint density at radius 1 is 1.14 bits per heavy atom. The second-order valence-corrected chi connectivity index (χ2v) is 4.92. The number of halogens is 1. The van der Waals surface area contributed by atoms with Gasteiger partial charge in [0, 0.05) is 16.7 Å². The molecule has 2 aromatic carbocycles. The van der Waals surface area contributed by atoms with Gasteiger partial charge < -0.3 is 14.6 Å². The molecule has 0 aliphatic rings. The van der Waals surface area contributed by atoms with Crippen molar-refractivity contribution < 1.29 is 19.4 Å². The van der Waals surface area contributed by atoms with E-state index in [1.54, 1.807) is 48.5 Å². The van der Waals surface area contributed by atoms with Crippen molar-refractivity contribution in [1.82, 2.24) is 0 Å². The summed E-state index contributed by atoms with van der Waals surface area (Å²) in [5.74, 6) is -0.0356. The molecule has 4 nitrogen and oxygen atoms in total. The average Bonchev–Trinajstić information content (AvgIpc) is 2.52. The number of carboxylic acid groups (broad SMARTS) is 1. The molecule has 2 rings (SSSR count). The maximum atomic E-state index is 11.6. The molecule has 0 aliphatic heterocycles. The normalized spacial score (nSPS) is 11.1. The summed E-state index contributed by atoms with van der Waals surface area (Å²) in [5.41, 5.74) is 1.28. The molecule has 0 atom stereocenters. The molecule has 0 radical (unpaired) electrons. The maximum absolute atomic E-state index is 11.6. The topological polar surface area (TPSA) is 55.8 Å². The van der Waals surface area contributed by atoms with E-state index in [2.05, 4.69) is 0 Å². The molecular weight excluding hydrogens is 304 g/mol. The third-order valence-electron chi connectivity index (χ3n) is 3.09. The minimum Gasteiger partial charge on any atom is -0.497 e. The Balaban J connectivity index is 2.55. The first-order valence-electron chi connectivity index (χ1n) is 6.48. The van der Waals surface area contributed by atoms with E-state index < -0.39 is 5.97 Å². The quantitative estimate of drug-likeness (QED) is 0.669. The van der Waals surface area contributed by atoms with Crippen LogP contribution in [-0.2, 0) is 4.79 Å². The number of benzene rings is 2. The molecule has 2 aromatic rings. The fraction of sp³-hybridized carbons (Fsp3) is 0.118. The summed E-state index contributed by atoms with van der Waals surface area (Å²) in [7, 11) is 3.02. The number of carboxylic acids is 1. The van der Waals surface area contributed by atoms with Crippen molar-refractivity contribution in [2.75, 3.05) is 14.2 Å². The Kier molecular flexibility index (Phi) is 5.07. The van der Waals surface area contributed by atoms with Crippen LogP contribution < -0.4 is 9.47 Å². The van der Waals surface area contributed by atoms with Gasteiger partial charge in [0.15, 0.2) is 0 Å². The molecule has 0 amide bonds. The van der Waals surface area contributed by atoms with Gasteiger partial charge in [-0.15, -0.1) is 0 Å². The fourth-order valence-electron chi connectivity index (χ4n) is 2.04. The zero-order valence-electron chi connectivity index (χ0n) is 12.2. The van der Waals surface area contributed by atoms with Gasteiger partial charge in [0.1, 0.15) is 11.5 Å². The third-order valence-corrected chi connectivity index (χ3v) is 3.32. The average molecular weight is 319 g/mol. The van der Waals surface area contributed by atoms with Gasteiger partial charge in [-0.2, -0.15) is 0 Å². The molecule has 0 bridgehead atoms. The first-order chi connectivity index (χ1) is 10.5. The second kappa shape index (κ2) is 7.00. The van der Waals surface area contributed by atoms with Crippen molar-refractivity contribution in [3.8, 4) is 11.5 Å². The minimum atomic E-state index is -1.05. The van der Waals surface area contributed by atoms with Crippen molar-refractivity contribution in [3.05, 3.63) is 58.6 Å². The van der Waals surface area contributed by atoms with Crippen LogP contribution in [0.1, 0.15) is 11.1 Å². The molecule has 0 saturated heterocycles. The Morgan fingerprint density at radius 2 is 1.91 bits per heavy atom. The van der Waals surface area contributed by atoms with Gasteiger partial charge in [0.2, 0.25) is 0 Å². The standard InChI is InChI=1S/C17H15ClO4/c1-21-13-6-7-14(16(10-13)22-2)15(17(19)20)9-11-4-3-5-12(18)8-11/h3-10H,1-2H3,(H,19,20)/b15-9-. The summed E-state index contributed by atoms with van der Waals surface area (Å²) < 4.78 is 10.4. The highest BCUT2D eigenvalue weighted by Crippen LogP contribution is 2.31. The first-order valence-corrected chi connectivity index (χ1v) is 6.86. The van der Waals surface area contributed by atoms with Crippen LogP contribution in [0.3, 0.4) is 0 Å². The van der Waals surface area contributed by atoms with Crippen LogP contribution in [0.4, 0.5) is 0 Å². The zero-order valence-corrected chi connectivity index (χ0v) is 12.9. The molecule has 0 unspecified atom stereocenters. The first kappa shape index (κ1) is 15.9. The van der Waals surface area contributed by atoms with Gasteiger partial charge in [0.25, 0.3) is 0 Å². The van der Waals surface area contributed by atoms with Crippen LogP contribution in [0.2, 0.25) is 5.02 Å². The van der Waals surface area contributed by atoms with Crippen LogP contribution in [-0.4, -0.2) is 25.3 Å². The van der Waals surface area contributed by atoms with Gasteiger partial charge in [-0.1, -0.05) is 23.7 Å². The van der Waals surface area contributed by atoms with Gasteiger partial charge >= 0.3 is 5.97 Å². The summed E-state index contributed by atoms with van der Waals surface area (Å²) in [6, 6.07) is 12.0. The highest BCUT2D eigenvalue weighted by atomic mass is 35.5. The molecule has 22 heavy (non-hydrogen) atoms. The number of ether oxygens (including phenoxy) is 2. The Labute approximate surface area is 133 Å². The Morgan fingerprint density at radius 3 is 2.50 bits per heavy atom. The summed E-state index contributed by atoms with van der Waals surface area (Å²) in [6.45, 7) is 0. The van der Waals surface area contributed by atoms with Crippen molar-refractivity contribution in [3.63, 3.8) is 0 Å². The molecule has 1 N–H and O–H groups in total. The SMILES string of the molecule is COc1ccc(/C(=C/c2cccc(Cl)c2)C(=O)O)c(OC)c1. The van der Waals surface area contributed by atoms with E-state index in [1.165, 1.54) is 14.2 Å². The monoisotopic (exact) mass is 318 g/mol. The summed E-state index contributed by atoms with van der Waals surface area (Å²) in [4.78, 5) is 11.6. The van der Waals surface area contributed by atoms with Crippen molar-refractivity contribution in [1.29, 1.82) is 0 Å². The molecule has 0 heterocycles. The number of methoxy groups -OCH3 is 2. The largest absolute Gasteiger partial charge is 0.497 e. The molecule has 5 heteroatoms. The molecule has 0 fully saturated rings. The molecular formula is C17H15ClO4. The molecule has 0 aliphatic carbocycles. The number of aliphatic carboxylic acids is 1. The molecule has 0 spiro atoms. The van der Waals surface area contributed by atoms with E-state index >= 15 is 0 Å². The summed E-state index contributed by atoms with van der Waals surface area (Å²) in [5, 5.41) is 10.1. The van der Waals surface area contributed by atoms with Crippen molar-refractivity contribution >= 4 is 29.2 Å².